The normalized spacial score (nSPS) is 11.7. The highest BCUT2D eigenvalue weighted by atomic mass is 16.6. The highest BCUT2D eigenvalue weighted by Crippen LogP contribution is 2.26. The van der Waals surface area contributed by atoms with Gasteiger partial charge in [0.15, 0.2) is 0 Å². The van der Waals surface area contributed by atoms with E-state index in [0.29, 0.717) is 17.7 Å². The van der Waals surface area contributed by atoms with E-state index in [0.717, 1.165) is 33.4 Å². The summed E-state index contributed by atoms with van der Waals surface area (Å²) in [6.45, 7) is 7.76. The van der Waals surface area contributed by atoms with Crippen LogP contribution in [0.5, 0.6) is 0 Å². The van der Waals surface area contributed by atoms with E-state index in [-0.39, 0.29) is 5.56 Å². The Morgan fingerprint density at radius 3 is 2.61 bits per heavy atom. The Labute approximate surface area is 207 Å². The lowest BCUT2D eigenvalue weighted by atomic mass is 10.0. The number of aryl methyl sites for hydroxylation is 1. The van der Waals surface area contributed by atoms with E-state index in [1.54, 1.807) is 56.2 Å². The molecule has 0 saturated heterocycles. The fourth-order valence-electron chi connectivity index (χ4n) is 4.00. The Morgan fingerprint density at radius 1 is 1.03 bits per heavy atom. The molecular weight excluding hydrogens is 456 g/mol. The van der Waals surface area contributed by atoms with Crippen molar-refractivity contribution in [3.63, 3.8) is 0 Å². The number of amides is 1. The summed E-state index contributed by atoms with van der Waals surface area (Å²) in [5.74, 6) is 0.367. The lowest BCUT2D eigenvalue weighted by Gasteiger charge is -2.19. The van der Waals surface area contributed by atoms with Gasteiger partial charge in [0.05, 0.1) is 17.6 Å². The van der Waals surface area contributed by atoms with E-state index >= 15 is 0 Å². The molecule has 5 aromatic rings. The zero-order valence-corrected chi connectivity index (χ0v) is 20.5. The molecule has 5 rings (SSSR count). The molecule has 182 valence electrons. The molecule has 9 nitrogen and oxygen atoms in total. The fourth-order valence-corrected chi connectivity index (χ4v) is 4.00. The van der Waals surface area contributed by atoms with Gasteiger partial charge in [-0.25, -0.2) is 14.8 Å². The van der Waals surface area contributed by atoms with Crippen molar-refractivity contribution < 1.29 is 9.53 Å². The quantitative estimate of drug-likeness (QED) is 0.394. The van der Waals surface area contributed by atoms with Gasteiger partial charge in [-0.2, -0.15) is 0 Å². The van der Waals surface area contributed by atoms with E-state index in [2.05, 4.69) is 20.3 Å². The Balaban J connectivity index is 1.42. The molecule has 1 N–H and O–H groups in total. The molecule has 0 unspecified atom stereocenters. The largest absolute Gasteiger partial charge is 0.444 e. The van der Waals surface area contributed by atoms with Crippen LogP contribution in [0.2, 0.25) is 0 Å². The van der Waals surface area contributed by atoms with Crippen molar-refractivity contribution in [1.29, 1.82) is 0 Å². The molecule has 1 amide bonds. The third kappa shape index (κ3) is 4.81. The lowest BCUT2D eigenvalue weighted by Crippen LogP contribution is -2.27. The summed E-state index contributed by atoms with van der Waals surface area (Å²) >= 11 is 0. The molecule has 0 aliphatic carbocycles. The topological polar surface area (TPSA) is 103 Å². The van der Waals surface area contributed by atoms with E-state index in [1.807, 2.05) is 48.0 Å². The first kappa shape index (κ1) is 23.2. The van der Waals surface area contributed by atoms with Crippen LogP contribution >= 0.6 is 0 Å². The monoisotopic (exact) mass is 482 g/mol. The van der Waals surface area contributed by atoms with Crippen LogP contribution in [0.15, 0.2) is 72.3 Å². The lowest BCUT2D eigenvalue weighted by molar-refractivity contribution is 0.0635. The third-order valence-corrected chi connectivity index (χ3v) is 5.58. The summed E-state index contributed by atoms with van der Waals surface area (Å²) in [6, 6.07) is 9.38. The number of imidazole rings is 1. The average molecular weight is 483 g/mol. The van der Waals surface area contributed by atoms with Crippen molar-refractivity contribution in [2.75, 3.05) is 5.32 Å². The molecule has 9 heteroatoms. The van der Waals surface area contributed by atoms with Crippen LogP contribution in [0.25, 0.3) is 27.5 Å². The van der Waals surface area contributed by atoms with Gasteiger partial charge >= 0.3 is 6.09 Å². The zero-order chi connectivity index (χ0) is 25.4. The first-order valence-electron chi connectivity index (χ1n) is 11.5. The standard InChI is InChI=1S/C27H26N6O3/c1-17-5-8-24-30-19(16-33(24)14-17)15-32-10-9-20-21(12-28-13-22(20)25(32)34)18-6-7-23(29-11-18)31-26(35)36-27(2,3)4/h5-14,16H,15H2,1-4H3,(H,29,31,35). The molecule has 0 fully saturated rings. The number of hydrogen-bond donors (Lipinski definition) is 1. The molecule has 0 bridgehead atoms. The summed E-state index contributed by atoms with van der Waals surface area (Å²) < 4.78 is 8.86. The summed E-state index contributed by atoms with van der Waals surface area (Å²) in [4.78, 5) is 38.5. The highest BCUT2D eigenvalue weighted by molar-refractivity contribution is 5.95. The van der Waals surface area contributed by atoms with Gasteiger partial charge in [-0.1, -0.05) is 6.07 Å². The molecule has 0 saturated carbocycles. The number of fused-ring (bicyclic) bond motifs is 2. The zero-order valence-electron chi connectivity index (χ0n) is 20.5. The van der Waals surface area contributed by atoms with Crippen molar-refractivity contribution in [1.82, 2.24) is 23.9 Å². The minimum atomic E-state index is -0.601. The molecule has 36 heavy (non-hydrogen) atoms. The van der Waals surface area contributed by atoms with Crippen molar-refractivity contribution in [2.45, 2.75) is 39.8 Å². The van der Waals surface area contributed by atoms with Crippen LogP contribution in [0, 0.1) is 6.92 Å². The van der Waals surface area contributed by atoms with E-state index in [4.69, 9.17) is 4.74 Å². The van der Waals surface area contributed by atoms with E-state index in [1.165, 1.54) is 0 Å². The Kier molecular flexibility index (Phi) is 5.75. The van der Waals surface area contributed by atoms with Crippen LogP contribution in [-0.4, -0.2) is 35.6 Å². The smallest absolute Gasteiger partial charge is 0.413 e. The first-order valence-corrected chi connectivity index (χ1v) is 11.5. The van der Waals surface area contributed by atoms with Gasteiger partial charge in [0.2, 0.25) is 0 Å². The second-order valence-electron chi connectivity index (χ2n) is 9.66. The summed E-state index contributed by atoms with van der Waals surface area (Å²) in [5.41, 5.74) is 3.57. The Morgan fingerprint density at radius 2 is 1.86 bits per heavy atom. The van der Waals surface area contributed by atoms with Gasteiger partial charge in [0.1, 0.15) is 17.1 Å². The van der Waals surface area contributed by atoms with E-state index < -0.39 is 11.7 Å². The van der Waals surface area contributed by atoms with Crippen LogP contribution in [-0.2, 0) is 11.3 Å². The molecular formula is C27H26N6O3. The summed E-state index contributed by atoms with van der Waals surface area (Å²) in [6.07, 6.45) is 10.1. The minimum absolute atomic E-state index is 0.147. The number of nitrogens with one attached hydrogen (secondary N) is 1. The van der Waals surface area contributed by atoms with Crippen molar-refractivity contribution in [2.24, 2.45) is 0 Å². The predicted molar refractivity (Wildman–Crippen MR) is 138 cm³/mol. The SMILES string of the molecule is Cc1ccc2nc(Cn3ccc4c(-c5ccc(NC(=O)OC(C)(C)C)nc5)cncc4c3=O)cn2c1. The second-order valence-corrected chi connectivity index (χ2v) is 9.66. The number of aromatic nitrogens is 5. The van der Waals surface area contributed by atoms with Gasteiger partial charge in [0, 0.05) is 48.3 Å². The van der Waals surface area contributed by atoms with Gasteiger partial charge in [-0.15, -0.1) is 0 Å². The third-order valence-electron chi connectivity index (χ3n) is 5.58. The Bertz CT molecular complexity index is 1650. The van der Waals surface area contributed by atoms with Crippen molar-refractivity contribution in [3.8, 4) is 11.1 Å². The van der Waals surface area contributed by atoms with Crippen LogP contribution in [0.1, 0.15) is 32.0 Å². The number of carbonyl (C=O) groups excluding carboxylic acids is 1. The number of anilines is 1. The molecule has 5 aromatic heterocycles. The van der Waals surface area contributed by atoms with Gasteiger partial charge in [-0.05, 0) is 62.9 Å². The number of rotatable bonds is 4. The van der Waals surface area contributed by atoms with Crippen LogP contribution < -0.4 is 10.9 Å². The minimum Gasteiger partial charge on any atom is -0.444 e. The molecule has 0 atom stereocenters. The first-order chi connectivity index (χ1) is 17.2. The molecule has 5 heterocycles. The summed E-state index contributed by atoms with van der Waals surface area (Å²) in [7, 11) is 0. The molecule has 0 aliphatic heterocycles. The maximum absolute atomic E-state index is 13.3. The van der Waals surface area contributed by atoms with Gasteiger partial charge in [-0.3, -0.25) is 15.1 Å². The van der Waals surface area contributed by atoms with E-state index in [9.17, 15) is 9.59 Å². The van der Waals surface area contributed by atoms with Crippen molar-refractivity contribution in [3.05, 3.63) is 89.1 Å². The number of hydrogen-bond acceptors (Lipinski definition) is 6. The maximum atomic E-state index is 13.3. The number of nitrogens with zero attached hydrogens (tertiary/aromatic N) is 5. The number of carbonyl (C=O) groups is 1. The van der Waals surface area contributed by atoms with Gasteiger partial charge in [0.25, 0.3) is 5.56 Å². The number of pyridine rings is 4. The summed E-state index contributed by atoms with van der Waals surface area (Å²) in [5, 5.41) is 3.89. The molecule has 0 aromatic carbocycles. The van der Waals surface area contributed by atoms with Crippen LogP contribution in [0.4, 0.5) is 10.6 Å². The van der Waals surface area contributed by atoms with Gasteiger partial charge < -0.3 is 13.7 Å². The molecule has 0 radical (unpaired) electrons. The fraction of sp³-hybridized carbons (Fsp3) is 0.222. The second kappa shape index (κ2) is 8.92. The maximum Gasteiger partial charge on any atom is 0.413 e. The molecule has 0 aliphatic rings. The number of ether oxygens (including phenoxy) is 1. The highest BCUT2D eigenvalue weighted by Gasteiger charge is 2.17. The Hall–Kier alpha value is -4.53. The van der Waals surface area contributed by atoms with Crippen LogP contribution in [0.3, 0.4) is 0 Å². The van der Waals surface area contributed by atoms with Crippen molar-refractivity contribution >= 4 is 28.3 Å². The average Bonchev–Trinajstić information content (AvgIpc) is 3.21. The molecule has 0 spiro atoms. The predicted octanol–water partition coefficient (Wildman–Crippen LogP) is 4.81.